The number of thiophene rings is 1. The SMILES string of the molecule is O=C(CNC(=O)c1ccsc1)Nc1cccc(OCc2ccccn2)c1. The van der Waals surface area contributed by atoms with Crippen LogP contribution in [0.4, 0.5) is 5.69 Å². The van der Waals surface area contributed by atoms with E-state index in [1.165, 1.54) is 11.3 Å². The van der Waals surface area contributed by atoms with Crippen LogP contribution in [-0.4, -0.2) is 23.3 Å². The fraction of sp³-hybridized carbons (Fsp3) is 0.105. The number of amides is 2. The molecule has 6 nitrogen and oxygen atoms in total. The van der Waals surface area contributed by atoms with Crippen molar-refractivity contribution in [2.45, 2.75) is 6.61 Å². The molecule has 0 saturated heterocycles. The first kappa shape index (κ1) is 17.6. The molecule has 0 atom stereocenters. The van der Waals surface area contributed by atoms with E-state index < -0.39 is 0 Å². The number of pyridine rings is 1. The molecule has 3 rings (SSSR count). The summed E-state index contributed by atoms with van der Waals surface area (Å²) in [7, 11) is 0. The lowest BCUT2D eigenvalue weighted by atomic mass is 10.3. The Morgan fingerprint density at radius 1 is 1.12 bits per heavy atom. The molecule has 0 aliphatic carbocycles. The van der Waals surface area contributed by atoms with Gasteiger partial charge < -0.3 is 15.4 Å². The summed E-state index contributed by atoms with van der Waals surface area (Å²) < 4.78 is 5.68. The number of anilines is 1. The van der Waals surface area contributed by atoms with Crippen molar-refractivity contribution >= 4 is 28.8 Å². The molecule has 26 heavy (non-hydrogen) atoms. The minimum Gasteiger partial charge on any atom is -0.487 e. The van der Waals surface area contributed by atoms with Gasteiger partial charge in [-0.05, 0) is 35.7 Å². The molecule has 0 aliphatic heterocycles. The number of hydrogen-bond acceptors (Lipinski definition) is 5. The Morgan fingerprint density at radius 2 is 2.04 bits per heavy atom. The summed E-state index contributed by atoms with van der Waals surface area (Å²) in [5.41, 5.74) is 1.96. The zero-order chi connectivity index (χ0) is 18.2. The van der Waals surface area contributed by atoms with Gasteiger partial charge in [0, 0.05) is 28.9 Å². The van der Waals surface area contributed by atoms with E-state index >= 15 is 0 Å². The number of benzene rings is 1. The molecule has 1 aromatic carbocycles. The van der Waals surface area contributed by atoms with Gasteiger partial charge in [0.1, 0.15) is 12.4 Å². The average molecular weight is 367 g/mol. The number of hydrogen-bond donors (Lipinski definition) is 2. The Kier molecular flexibility index (Phi) is 5.95. The van der Waals surface area contributed by atoms with Crippen LogP contribution < -0.4 is 15.4 Å². The second-order valence-electron chi connectivity index (χ2n) is 5.38. The summed E-state index contributed by atoms with van der Waals surface area (Å²) in [5.74, 6) is 0.0417. The summed E-state index contributed by atoms with van der Waals surface area (Å²) in [6.45, 7) is 0.239. The molecule has 0 spiro atoms. The smallest absolute Gasteiger partial charge is 0.252 e. The van der Waals surface area contributed by atoms with Crippen LogP contribution in [0.2, 0.25) is 0 Å². The molecular weight excluding hydrogens is 350 g/mol. The highest BCUT2D eigenvalue weighted by atomic mass is 32.1. The van der Waals surface area contributed by atoms with Crippen LogP contribution in [0.5, 0.6) is 5.75 Å². The van der Waals surface area contributed by atoms with E-state index in [4.69, 9.17) is 4.74 Å². The van der Waals surface area contributed by atoms with Crippen LogP contribution in [0.3, 0.4) is 0 Å². The molecule has 2 aromatic heterocycles. The van der Waals surface area contributed by atoms with E-state index in [1.807, 2.05) is 23.6 Å². The van der Waals surface area contributed by atoms with Crippen molar-refractivity contribution in [3.63, 3.8) is 0 Å². The van der Waals surface area contributed by atoms with E-state index in [-0.39, 0.29) is 18.4 Å². The molecule has 2 amide bonds. The van der Waals surface area contributed by atoms with E-state index in [0.29, 0.717) is 23.6 Å². The summed E-state index contributed by atoms with van der Waals surface area (Å²) in [4.78, 5) is 28.0. The first-order valence-corrected chi connectivity index (χ1v) is 8.88. The Bertz CT molecular complexity index is 867. The largest absolute Gasteiger partial charge is 0.487 e. The monoisotopic (exact) mass is 367 g/mol. The quantitative estimate of drug-likeness (QED) is 0.672. The Hall–Kier alpha value is -3.19. The van der Waals surface area contributed by atoms with Gasteiger partial charge in [0.05, 0.1) is 12.2 Å². The number of rotatable bonds is 7. The molecule has 0 fully saturated rings. The number of nitrogens with one attached hydrogen (secondary N) is 2. The van der Waals surface area contributed by atoms with Crippen molar-refractivity contribution in [3.05, 3.63) is 76.7 Å². The zero-order valence-electron chi connectivity index (χ0n) is 13.8. The van der Waals surface area contributed by atoms with E-state index in [0.717, 1.165) is 5.69 Å². The lowest BCUT2D eigenvalue weighted by Gasteiger charge is -2.09. The van der Waals surface area contributed by atoms with Crippen molar-refractivity contribution < 1.29 is 14.3 Å². The predicted molar refractivity (Wildman–Crippen MR) is 100 cm³/mol. The van der Waals surface area contributed by atoms with E-state index in [1.54, 1.807) is 41.9 Å². The topological polar surface area (TPSA) is 80.3 Å². The molecule has 132 valence electrons. The molecule has 2 heterocycles. The third-order valence-corrected chi connectivity index (χ3v) is 4.11. The summed E-state index contributed by atoms with van der Waals surface area (Å²) in [6, 6.07) is 14.4. The Balaban J connectivity index is 1.49. The number of carbonyl (C=O) groups excluding carboxylic acids is 2. The molecule has 0 aliphatic rings. The normalized spacial score (nSPS) is 10.2. The van der Waals surface area contributed by atoms with Crippen molar-refractivity contribution in [3.8, 4) is 5.75 Å². The second kappa shape index (κ2) is 8.77. The standard InChI is InChI=1S/C19H17N3O3S/c23-18(11-21-19(24)14-7-9-26-13-14)22-15-5-3-6-17(10-15)25-12-16-4-1-2-8-20-16/h1-10,13H,11-12H2,(H,21,24)(H,22,23). The van der Waals surface area contributed by atoms with Crippen LogP contribution in [0.25, 0.3) is 0 Å². The van der Waals surface area contributed by atoms with Gasteiger partial charge in [0.25, 0.3) is 5.91 Å². The maximum atomic E-state index is 12.0. The van der Waals surface area contributed by atoms with Crippen molar-refractivity contribution in [1.29, 1.82) is 0 Å². The minimum atomic E-state index is -0.310. The van der Waals surface area contributed by atoms with Crippen molar-refractivity contribution in [2.24, 2.45) is 0 Å². The van der Waals surface area contributed by atoms with E-state index in [9.17, 15) is 9.59 Å². The molecule has 0 unspecified atom stereocenters. The highest BCUT2D eigenvalue weighted by Gasteiger charge is 2.09. The first-order valence-electron chi connectivity index (χ1n) is 7.94. The number of nitrogens with zero attached hydrogens (tertiary/aromatic N) is 1. The molecular formula is C19H17N3O3S. The predicted octanol–water partition coefficient (Wildman–Crippen LogP) is 3.09. The fourth-order valence-electron chi connectivity index (χ4n) is 2.17. The lowest BCUT2D eigenvalue weighted by molar-refractivity contribution is -0.115. The van der Waals surface area contributed by atoms with Gasteiger partial charge in [-0.1, -0.05) is 12.1 Å². The summed E-state index contributed by atoms with van der Waals surface area (Å²) in [5, 5.41) is 8.86. The van der Waals surface area contributed by atoms with Crippen LogP contribution in [0.15, 0.2) is 65.5 Å². The maximum Gasteiger partial charge on any atom is 0.252 e. The number of ether oxygens (including phenoxy) is 1. The van der Waals surface area contributed by atoms with Crippen LogP contribution >= 0.6 is 11.3 Å². The van der Waals surface area contributed by atoms with Gasteiger partial charge >= 0.3 is 0 Å². The first-order chi connectivity index (χ1) is 12.7. The molecule has 0 radical (unpaired) electrons. The van der Waals surface area contributed by atoms with Gasteiger partial charge in [-0.25, -0.2) is 0 Å². The van der Waals surface area contributed by atoms with Crippen LogP contribution in [-0.2, 0) is 11.4 Å². The minimum absolute atomic E-state index is 0.103. The Morgan fingerprint density at radius 3 is 2.81 bits per heavy atom. The Labute approximate surface area is 154 Å². The van der Waals surface area contributed by atoms with Gasteiger partial charge in [0.15, 0.2) is 0 Å². The third kappa shape index (κ3) is 5.15. The highest BCUT2D eigenvalue weighted by Crippen LogP contribution is 2.18. The molecule has 3 aromatic rings. The number of carbonyl (C=O) groups is 2. The van der Waals surface area contributed by atoms with Crippen molar-refractivity contribution in [1.82, 2.24) is 10.3 Å². The summed E-state index contributed by atoms with van der Waals surface area (Å²) in [6.07, 6.45) is 1.71. The van der Waals surface area contributed by atoms with Gasteiger partial charge in [-0.3, -0.25) is 14.6 Å². The van der Waals surface area contributed by atoms with Gasteiger partial charge in [-0.15, -0.1) is 0 Å². The molecule has 0 bridgehead atoms. The van der Waals surface area contributed by atoms with Crippen LogP contribution in [0.1, 0.15) is 16.1 Å². The number of aromatic nitrogens is 1. The second-order valence-corrected chi connectivity index (χ2v) is 6.16. The molecule has 7 heteroatoms. The van der Waals surface area contributed by atoms with Crippen LogP contribution in [0, 0.1) is 0 Å². The summed E-state index contributed by atoms with van der Waals surface area (Å²) >= 11 is 1.43. The molecule has 2 N–H and O–H groups in total. The molecule has 0 saturated carbocycles. The fourth-order valence-corrected chi connectivity index (χ4v) is 2.80. The van der Waals surface area contributed by atoms with Crippen molar-refractivity contribution in [2.75, 3.05) is 11.9 Å². The third-order valence-electron chi connectivity index (χ3n) is 3.42. The highest BCUT2D eigenvalue weighted by molar-refractivity contribution is 7.08. The zero-order valence-corrected chi connectivity index (χ0v) is 14.7. The lowest BCUT2D eigenvalue weighted by Crippen LogP contribution is -2.32. The van der Waals surface area contributed by atoms with Gasteiger partial charge in [0.2, 0.25) is 5.91 Å². The van der Waals surface area contributed by atoms with Gasteiger partial charge in [-0.2, -0.15) is 11.3 Å². The maximum absolute atomic E-state index is 12.0. The van der Waals surface area contributed by atoms with E-state index in [2.05, 4.69) is 15.6 Å². The average Bonchev–Trinajstić information content (AvgIpc) is 3.20.